The minimum Gasteiger partial charge on any atom is -0.497 e. The van der Waals surface area contributed by atoms with Gasteiger partial charge in [-0.1, -0.05) is 12.1 Å². The molecule has 0 spiro atoms. The van der Waals surface area contributed by atoms with Gasteiger partial charge in [-0.25, -0.2) is 4.39 Å². The molecule has 0 amide bonds. The van der Waals surface area contributed by atoms with Crippen molar-refractivity contribution in [1.29, 1.82) is 0 Å². The third-order valence-corrected chi connectivity index (χ3v) is 2.73. The number of aliphatic hydroxyl groups excluding tert-OH is 1. The van der Waals surface area contributed by atoms with Gasteiger partial charge in [0.1, 0.15) is 11.5 Å². The summed E-state index contributed by atoms with van der Waals surface area (Å²) in [6.45, 7) is 1.57. The van der Waals surface area contributed by atoms with Gasteiger partial charge in [0, 0.05) is 5.56 Å². The topological polar surface area (TPSA) is 38.7 Å². The number of aliphatic hydroxyl groups is 1. The molecule has 1 atom stereocenters. The van der Waals surface area contributed by atoms with Crippen LogP contribution in [-0.2, 0) is 0 Å². The second-order valence-corrected chi connectivity index (χ2v) is 4.11. The van der Waals surface area contributed by atoms with E-state index in [0.29, 0.717) is 17.1 Å². The van der Waals surface area contributed by atoms with Crippen molar-refractivity contribution < 1.29 is 19.0 Å². The smallest absolute Gasteiger partial charge is 0.168 e. The molecule has 1 N–H and O–H groups in total. The van der Waals surface area contributed by atoms with Crippen molar-refractivity contribution >= 4 is 0 Å². The predicted octanol–water partition coefficient (Wildman–Crippen LogP) is 3.68. The molecule has 100 valence electrons. The molecule has 2 aromatic carbocycles. The molecule has 0 saturated heterocycles. The molecule has 0 aliphatic rings. The number of ether oxygens (including phenoxy) is 2. The molecule has 1 unspecified atom stereocenters. The molecule has 0 heterocycles. The number of hydrogen-bond donors (Lipinski definition) is 1. The molecule has 4 heteroatoms. The van der Waals surface area contributed by atoms with Crippen LogP contribution in [0.15, 0.2) is 42.5 Å². The average molecular weight is 262 g/mol. The van der Waals surface area contributed by atoms with E-state index in [0.717, 1.165) is 0 Å². The molecule has 0 fully saturated rings. The summed E-state index contributed by atoms with van der Waals surface area (Å²) >= 11 is 0. The van der Waals surface area contributed by atoms with Gasteiger partial charge in [-0.15, -0.1) is 0 Å². The van der Waals surface area contributed by atoms with Crippen LogP contribution in [0.3, 0.4) is 0 Å². The van der Waals surface area contributed by atoms with Crippen LogP contribution in [0.1, 0.15) is 18.6 Å². The highest BCUT2D eigenvalue weighted by atomic mass is 19.1. The molecule has 0 bridgehead atoms. The highest BCUT2D eigenvalue weighted by molar-refractivity contribution is 5.41. The van der Waals surface area contributed by atoms with Crippen molar-refractivity contribution in [2.24, 2.45) is 0 Å². The summed E-state index contributed by atoms with van der Waals surface area (Å²) in [5.74, 6) is 0.710. The van der Waals surface area contributed by atoms with Gasteiger partial charge in [0.15, 0.2) is 11.6 Å². The van der Waals surface area contributed by atoms with E-state index < -0.39 is 11.9 Å². The van der Waals surface area contributed by atoms with Gasteiger partial charge >= 0.3 is 0 Å². The quantitative estimate of drug-likeness (QED) is 0.913. The van der Waals surface area contributed by atoms with Crippen molar-refractivity contribution in [3.05, 3.63) is 53.8 Å². The third kappa shape index (κ3) is 3.03. The molecule has 2 rings (SSSR count). The molecule has 0 aromatic heterocycles. The number of para-hydroxylation sites is 1. The Morgan fingerprint density at radius 1 is 1.05 bits per heavy atom. The fourth-order valence-electron chi connectivity index (χ4n) is 1.72. The molecule has 0 aliphatic heterocycles. The largest absolute Gasteiger partial charge is 0.497 e. The number of rotatable bonds is 4. The second kappa shape index (κ2) is 5.71. The van der Waals surface area contributed by atoms with E-state index in [1.54, 1.807) is 44.4 Å². The van der Waals surface area contributed by atoms with Crippen LogP contribution >= 0.6 is 0 Å². The zero-order chi connectivity index (χ0) is 13.8. The minimum atomic E-state index is -0.802. The lowest BCUT2D eigenvalue weighted by Crippen LogP contribution is -1.98. The molecule has 0 aliphatic carbocycles. The van der Waals surface area contributed by atoms with Crippen LogP contribution in [0, 0.1) is 5.82 Å². The molecule has 3 nitrogen and oxygen atoms in total. The normalized spacial score (nSPS) is 12.0. The van der Waals surface area contributed by atoms with Crippen LogP contribution < -0.4 is 9.47 Å². The lowest BCUT2D eigenvalue weighted by Gasteiger charge is -2.14. The van der Waals surface area contributed by atoms with E-state index in [-0.39, 0.29) is 5.75 Å². The van der Waals surface area contributed by atoms with E-state index in [1.165, 1.54) is 12.1 Å². The van der Waals surface area contributed by atoms with Crippen LogP contribution in [0.25, 0.3) is 0 Å². The third-order valence-electron chi connectivity index (χ3n) is 2.73. The van der Waals surface area contributed by atoms with E-state index in [9.17, 15) is 9.50 Å². The average Bonchev–Trinajstić information content (AvgIpc) is 2.41. The SMILES string of the molecule is COc1ccc(Oc2c(F)cccc2C(C)O)cc1. The molecular weight excluding hydrogens is 247 g/mol. The Morgan fingerprint density at radius 3 is 2.26 bits per heavy atom. The molecule has 19 heavy (non-hydrogen) atoms. The Balaban J connectivity index is 2.31. The molecule has 0 saturated carbocycles. The van der Waals surface area contributed by atoms with Crippen molar-refractivity contribution in [1.82, 2.24) is 0 Å². The zero-order valence-corrected chi connectivity index (χ0v) is 10.8. The lowest BCUT2D eigenvalue weighted by molar-refractivity contribution is 0.194. The van der Waals surface area contributed by atoms with Gasteiger partial charge in [-0.05, 0) is 37.3 Å². The van der Waals surface area contributed by atoms with Gasteiger partial charge in [0.25, 0.3) is 0 Å². The fourth-order valence-corrected chi connectivity index (χ4v) is 1.72. The first-order valence-corrected chi connectivity index (χ1v) is 5.90. The van der Waals surface area contributed by atoms with Crippen molar-refractivity contribution in [2.45, 2.75) is 13.0 Å². The molecular formula is C15H15FO3. The molecule has 2 aromatic rings. The minimum absolute atomic E-state index is 0.0441. The Hall–Kier alpha value is -2.07. The maximum absolute atomic E-state index is 13.8. The lowest BCUT2D eigenvalue weighted by atomic mass is 10.1. The zero-order valence-electron chi connectivity index (χ0n) is 10.8. The first kappa shape index (κ1) is 13.4. The number of methoxy groups -OCH3 is 1. The first-order valence-electron chi connectivity index (χ1n) is 5.90. The van der Waals surface area contributed by atoms with Crippen LogP contribution in [-0.4, -0.2) is 12.2 Å². The summed E-state index contributed by atoms with van der Waals surface area (Å²) in [5.41, 5.74) is 0.413. The Labute approximate surface area is 111 Å². The highest BCUT2D eigenvalue weighted by Gasteiger charge is 2.14. The van der Waals surface area contributed by atoms with E-state index in [1.807, 2.05) is 0 Å². The summed E-state index contributed by atoms with van der Waals surface area (Å²) in [6, 6.07) is 11.3. The monoisotopic (exact) mass is 262 g/mol. The Morgan fingerprint density at radius 2 is 1.68 bits per heavy atom. The molecule has 0 radical (unpaired) electrons. The second-order valence-electron chi connectivity index (χ2n) is 4.11. The maximum Gasteiger partial charge on any atom is 0.168 e. The van der Waals surface area contributed by atoms with Crippen LogP contribution in [0.4, 0.5) is 4.39 Å². The standard InChI is InChI=1S/C15H15FO3/c1-10(17)13-4-3-5-14(16)15(13)19-12-8-6-11(18-2)7-9-12/h3-10,17H,1-2H3. The summed E-state index contributed by atoms with van der Waals surface area (Å²) in [6.07, 6.45) is -0.802. The fraction of sp³-hybridized carbons (Fsp3) is 0.200. The summed E-state index contributed by atoms with van der Waals surface area (Å²) in [7, 11) is 1.57. The van der Waals surface area contributed by atoms with E-state index >= 15 is 0 Å². The van der Waals surface area contributed by atoms with Gasteiger partial charge in [0.05, 0.1) is 13.2 Å². The number of hydrogen-bond acceptors (Lipinski definition) is 3. The van der Waals surface area contributed by atoms with E-state index in [4.69, 9.17) is 9.47 Å². The first-order chi connectivity index (χ1) is 9.11. The van der Waals surface area contributed by atoms with Crippen molar-refractivity contribution in [3.8, 4) is 17.2 Å². The predicted molar refractivity (Wildman–Crippen MR) is 70.1 cm³/mol. The van der Waals surface area contributed by atoms with Crippen molar-refractivity contribution in [3.63, 3.8) is 0 Å². The number of benzene rings is 2. The van der Waals surface area contributed by atoms with Crippen LogP contribution in [0.5, 0.6) is 17.2 Å². The Kier molecular flexibility index (Phi) is 4.02. The number of halogens is 1. The van der Waals surface area contributed by atoms with Gasteiger partial charge < -0.3 is 14.6 Å². The maximum atomic E-state index is 13.8. The summed E-state index contributed by atoms with van der Waals surface area (Å²) in [5, 5.41) is 9.62. The van der Waals surface area contributed by atoms with Gasteiger partial charge in [-0.3, -0.25) is 0 Å². The highest BCUT2D eigenvalue weighted by Crippen LogP contribution is 2.32. The van der Waals surface area contributed by atoms with Gasteiger partial charge in [-0.2, -0.15) is 0 Å². The van der Waals surface area contributed by atoms with Crippen molar-refractivity contribution in [2.75, 3.05) is 7.11 Å². The van der Waals surface area contributed by atoms with Crippen LogP contribution in [0.2, 0.25) is 0 Å². The summed E-state index contributed by atoms with van der Waals surface area (Å²) in [4.78, 5) is 0. The Bertz CT molecular complexity index is 550. The van der Waals surface area contributed by atoms with E-state index in [2.05, 4.69) is 0 Å². The summed E-state index contributed by atoms with van der Waals surface area (Å²) < 4.78 is 24.3. The van der Waals surface area contributed by atoms with Gasteiger partial charge in [0.2, 0.25) is 0 Å².